The van der Waals surface area contributed by atoms with Gasteiger partial charge in [-0.05, 0) is 7.05 Å². The number of hydrogen-bond acceptors (Lipinski definition) is 3. The number of amides is 2. The van der Waals surface area contributed by atoms with Gasteiger partial charge in [-0.15, -0.1) is 0 Å². The summed E-state index contributed by atoms with van der Waals surface area (Å²) in [4.78, 5) is 22.4. The zero-order valence-electron chi connectivity index (χ0n) is 20.0. The number of carbonyl (C=O) groups excluding carboxylic acids is 2. The van der Waals surface area contributed by atoms with Crippen LogP contribution >= 0.6 is 18.8 Å². The number of nitrogens with one attached hydrogen (secondary N) is 5. The maximum absolute atomic E-state index is 10.7. The monoisotopic (exact) mass is 850 g/mol. The van der Waals surface area contributed by atoms with Crippen LogP contribution in [0, 0.1) is 6.92 Å². The van der Waals surface area contributed by atoms with Gasteiger partial charge in [0.15, 0.2) is 0 Å². The van der Waals surface area contributed by atoms with E-state index in [2.05, 4.69) is 31.1 Å². The van der Waals surface area contributed by atoms with Gasteiger partial charge >= 0.3 is 56.4 Å². The van der Waals surface area contributed by atoms with Crippen molar-refractivity contribution in [2.75, 3.05) is 52.9 Å². The van der Waals surface area contributed by atoms with Crippen LogP contribution in [0.4, 0.5) is 0 Å². The van der Waals surface area contributed by atoms with E-state index in [0.29, 0.717) is 6.54 Å². The van der Waals surface area contributed by atoms with Gasteiger partial charge in [0.2, 0.25) is 11.8 Å². The minimum absolute atomic E-state index is 0.191. The summed E-state index contributed by atoms with van der Waals surface area (Å²) in [5.74, 6) is 6.47. The van der Waals surface area contributed by atoms with Crippen LogP contribution in [0.1, 0.15) is 48.0 Å². The number of piperazine rings is 1. The van der Waals surface area contributed by atoms with Crippen LogP contribution in [-0.4, -0.2) is 74.6 Å². The molecule has 0 saturated carbocycles. The summed E-state index contributed by atoms with van der Waals surface area (Å²) in [6.07, 6.45) is 0.736. The average molecular weight is 852 g/mol. The topological polar surface area (TPSA) is 148 Å². The summed E-state index contributed by atoms with van der Waals surface area (Å²) in [5, 5.41) is 3.95. The molecule has 1 fully saturated rings. The van der Waals surface area contributed by atoms with Crippen LogP contribution in [-0.2, 0) is 47.1 Å². The van der Waals surface area contributed by atoms with Crippen LogP contribution < -0.4 is 5.32 Å². The van der Waals surface area contributed by atoms with Crippen LogP contribution in [0.2, 0.25) is 0 Å². The number of carbonyl (C=O) groups is 2. The van der Waals surface area contributed by atoms with E-state index in [0.717, 1.165) is 37.6 Å². The summed E-state index contributed by atoms with van der Waals surface area (Å²) in [6.45, 7) is 18.9. The van der Waals surface area contributed by atoms with Crippen molar-refractivity contribution < 1.29 is 47.1 Å². The first-order valence-corrected chi connectivity index (χ1v) is 15.3. The number of hydrogen-bond donors (Lipinski definition) is 1. The summed E-state index contributed by atoms with van der Waals surface area (Å²) in [6, 6.07) is 0. The summed E-state index contributed by atoms with van der Waals surface area (Å²) >= 11 is 3.22. The molecule has 0 spiro atoms. The van der Waals surface area contributed by atoms with Gasteiger partial charge in [0, 0.05) is 40.0 Å². The first kappa shape index (κ1) is 49.0. The fourth-order valence-electron chi connectivity index (χ4n) is 0.980. The Hall–Kier alpha value is 0.697. The maximum atomic E-state index is 10.7. The second-order valence-corrected chi connectivity index (χ2v) is 4.44. The molecule has 0 atom stereocenters. The molecule has 31 heavy (non-hydrogen) atoms. The molecule has 9 nitrogen and oxygen atoms in total. The van der Waals surface area contributed by atoms with Gasteiger partial charge in [-0.3, -0.25) is 9.59 Å². The molecule has 1 rings (SSSR count). The van der Waals surface area contributed by atoms with Crippen molar-refractivity contribution in [2.24, 2.45) is 0 Å². The summed E-state index contributed by atoms with van der Waals surface area (Å²) < 4.78 is 0. The smallest absolute Gasteiger partial charge is 0.171 e. The van der Waals surface area contributed by atoms with Crippen molar-refractivity contribution in [3.8, 4) is 0 Å². The van der Waals surface area contributed by atoms with Gasteiger partial charge in [-0.2, -0.15) is 19.6 Å². The van der Waals surface area contributed by atoms with Crippen LogP contribution in [0.25, 0.3) is 23.0 Å². The van der Waals surface area contributed by atoms with Crippen molar-refractivity contribution in [1.29, 1.82) is 0 Å². The SMILES string of the molecule is CC.CC.CC(=O)N(C)[NH-].CC(=O)N1CCNCC1.[CH2-]CC[NH-].[Cl][Pt].[Cl][Pt].[NH-]CC[NH-]. The molecule has 1 saturated heterocycles. The Bertz CT molecular complexity index is 286. The van der Waals surface area contributed by atoms with E-state index < -0.39 is 0 Å². The zero-order valence-corrected chi connectivity index (χ0v) is 26.0. The van der Waals surface area contributed by atoms with Gasteiger partial charge in [0.05, 0.1) is 0 Å². The third-order valence-corrected chi connectivity index (χ3v) is 2.34. The predicted octanol–water partition coefficient (Wildman–Crippen LogP) is 5.65. The Labute approximate surface area is 222 Å². The minimum atomic E-state index is -0.241. The van der Waals surface area contributed by atoms with Crippen molar-refractivity contribution in [3.63, 3.8) is 0 Å². The fourth-order valence-corrected chi connectivity index (χ4v) is 0.980. The van der Waals surface area contributed by atoms with E-state index in [1.165, 1.54) is 14.0 Å². The number of halogens is 2. The number of nitrogens with zero attached hydrogens (tertiary/aromatic N) is 2. The Morgan fingerprint density at radius 3 is 1.29 bits per heavy atom. The molecule has 0 aromatic rings. The van der Waals surface area contributed by atoms with Crippen molar-refractivity contribution in [2.45, 2.75) is 48.0 Å². The van der Waals surface area contributed by atoms with Crippen molar-refractivity contribution in [3.05, 3.63) is 30.0 Å². The summed E-state index contributed by atoms with van der Waals surface area (Å²) in [7, 11) is 10.6. The van der Waals surface area contributed by atoms with Crippen LogP contribution in [0.3, 0.4) is 0 Å². The molecule has 0 bridgehead atoms. The molecule has 1 aliphatic heterocycles. The molecule has 1 heterocycles. The second-order valence-electron chi connectivity index (χ2n) is 4.44. The minimum Gasteiger partial charge on any atom is -0.679 e. The van der Waals surface area contributed by atoms with E-state index >= 15 is 0 Å². The van der Waals surface area contributed by atoms with Crippen LogP contribution in [0.15, 0.2) is 0 Å². The van der Waals surface area contributed by atoms with E-state index in [1.807, 2.05) is 32.6 Å². The first-order chi connectivity index (χ1) is 14.8. The van der Waals surface area contributed by atoms with Gasteiger partial charge in [-0.25, -0.2) is 6.42 Å². The standard InChI is InChI=1S/C6H12N2O.C3H7N2O.C3H7N.C2H6N2.2C2H6.2ClH.2Pt/c1-6(9)8-4-2-7-3-5-8;1-3(6)5(2)4;1-2-3-4;3-1-2-4;2*1-2;;;;/h7H,2-5H2,1H3;4H,1-2H3;4H,1-3H2;3-4H,1-2H2;2*1-2H3;2*1H;;/q;-1;2*-2;;;;;2*+1/p-2. The van der Waals surface area contributed by atoms with E-state index in [1.54, 1.807) is 44.5 Å². The van der Waals surface area contributed by atoms with Gasteiger partial charge in [0.1, 0.15) is 0 Å². The molecule has 0 radical (unpaired) electrons. The van der Waals surface area contributed by atoms with E-state index in [-0.39, 0.29) is 24.9 Å². The normalized spacial score (nSPS) is 10.1. The molecule has 5 N–H and O–H groups in total. The average Bonchev–Trinajstić information content (AvgIpc) is 2.85. The van der Waals surface area contributed by atoms with Crippen molar-refractivity contribution in [1.82, 2.24) is 15.2 Å². The van der Waals surface area contributed by atoms with Gasteiger partial charge in [-0.1, -0.05) is 27.7 Å². The van der Waals surface area contributed by atoms with Gasteiger partial charge in [0.25, 0.3) is 0 Å². The Kier molecular flexibility index (Phi) is 90.8. The van der Waals surface area contributed by atoms with E-state index in [4.69, 9.17) is 23.0 Å². The summed E-state index contributed by atoms with van der Waals surface area (Å²) in [5.41, 5.74) is 18.9. The largest absolute Gasteiger partial charge is 0.679 e. The molecule has 0 aromatic heterocycles. The predicted molar refractivity (Wildman–Crippen MR) is 130 cm³/mol. The Morgan fingerprint density at radius 2 is 1.19 bits per heavy atom. The number of rotatable bonds is 2. The molecule has 0 aliphatic carbocycles. The molecule has 0 unspecified atom stereocenters. The van der Waals surface area contributed by atoms with Crippen molar-refractivity contribution >= 4 is 30.7 Å². The Balaban J connectivity index is -0.0000000465. The Morgan fingerprint density at radius 1 is 0.935 bits per heavy atom. The molecular formula is C18H44Cl2N7O2Pt2-5. The maximum Gasteiger partial charge on any atom is -0.171 e. The molecule has 202 valence electrons. The van der Waals surface area contributed by atoms with Gasteiger partial charge < -0.3 is 45.2 Å². The third-order valence-electron chi connectivity index (χ3n) is 2.34. The first-order valence-electron chi connectivity index (χ1n) is 9.67. The molecular weight excluding hydrogens is 807 g/mol. The molecule has 0 aromatic carbocycles. The van der Waals surface area contributed by atoms with Crippen LogP contribution in [0.5, 0.6) is 0 Å². The van der Waals surface area contributed by atoms with E-state index in [9.17, 15) is 9.59 Å². The molecule has 2 amide bonds. The fraction of sp³-hybridized carbons (Fsp3) is 0.833. The molecule has 13 heteroatoms. The zero-order chi connectivity index (χ0) is 26.7. The molecule has 1 aliphatic rings. The quantitative estimate of drug-likeness (QED) is 0.283. The second kappa shape index (κ2) is 57.5. The third kappa shape index (κ3) is 72.3.